The molecule has 0 saturated heterocycles. The lowest BCUT2D eigenvalue weighted by Gasteiger charge is -1.99. The van der Waals surface area contributed by atoms with Gasteiger partial charge in [-0.05, 0) is 49.4 Å². The first-order chi connectivity index (χ1) is 7.25. The normalized spacial score (nSPS) is 10.8. The van der Waals surface area contributed by atoms with Crippen LogP contribution in [0.4, 0.5) is 0 Å². The van der Waals surface area contributed by atoms with Crippen molar-refractivity contribution in [3.63, 3.8) is 0 Å². The van der Waals surface area contributed by atoms with Gasteiger partial charge in [0, 0.05) is 11.4 Å². The lowest BCUT2D eigenvalue weighted by atomic mass is 10.4. The van der Waals surface area contributed by atoms with Gasteiger partial charge in [0.15, 0.2) is 4.67 Å². The molecule has 2 nitrogen and oxygen atoms in total. The standard InChI is InChI=1S/C10H9Br2NOS/c11-9-4-7(14-10(9)12)5-13-6-8-2-1-3-15-8/h1-4,13H,5-6H2. The monoisotopic (exact) mass is 349 g/mol. The third-order valence-electron chi connectivity index (χ3n) is 1.87. The van der Waals surface area contributed by atoms with Gasteiger partial charge in [-0.3, -0.25) is 0 Å². The Bertz CT molecular complexity index is 405. The zero-order valence-electron chi connectivity index (χ0n) is 7.80. The first kappa shape index (κ1) is 11.4. The predicted molar refractivity (Wildman–Crippen MR) is 69.0 cm³/mol. The summed E-state index contributed by atoms with van der Waals surface area (Å²) in [6, 6.07) is 6.14. The van der Waals surface area contributed by atoms with Crippen LogP contribution in [0.15, 0.2) is 37.1 Å². The minimum atomic E-state index is 0.738. The Kier molecular flexibility index (Phi) is 4.02. The fourth-order valence-electron chi connectivity index (χ4n) is 1.20. The van der Waals surface area contributed by atoms with Crippen LogP contribution in [0.5, 0.6) is 0 Å². The molecule has 0 fully saturated rings. The maximum absolute atomic E-state index is 5.44. The fourth-order valence-corrected chi connectivity index (χ4v) is 2.53. The average Bonchev–Trinajstić information content (AvgIpc) is 2.79. The SMILES string of the molecule is Brc1cc(CNCc2cccs2)oc1Br. The van der Waals surface area contributed by atoms with Crippen molar-refractivity contribution in [2.45, 2.75) is 13.1 Å². The Hall–Kier alpha value is -0.100. The summed E-state index contributed by atoms with van der Waals surface area (Å²) in [5.41, 5.74) is 0. The molecule has 1 N–H and O–H groups in total. The Morgan fingerprint density at radius 2 is 2.20 bits per heavy atom. The van der Waals surface area contributed by atoms with E-state index >= 15 is 0 Å². The zero-order valence-corrected chi connectivity index (χ0v) is 11.8. The van der Waals surface area contributed by atoms with Crippen LogP contribution in [0.3, 0.4) is 0 Å². The van der Waals surface area contributed by atoms with Gasteiger partial charge in [-0.2, -0.15) is 0 Å². The molecule has 0 saturated carbocycles. The summed E-state index contributed by atoms with van der Waals surface area (Å²) < 4.78 is 7.14. The van der Waals surface area contributed by atoms with Crippen LogP contribution in [0, 0.1) is 0 Å². The number of thiophene rings is 1. The smallest absolute Gasteiger partial charge is 0.183 e. The number of nitrogens with one attached hydrogen (secondary N) is 1. The topological polar surface area (TPSA) is 25.2 Å². The van der Waals surface area contributed by atoms with Crippen molar-refractivity contribution in [3.05, 3.63) is 43.4 Å². The van der Waals surface area contributed by atoms with Crippen LogP contribution in [0.25, 0.3) is 0 Å². The van der Waals surface area contributed by atoms with Gasteiger partial charge in [-0.15, -0.1) is 11.3 Å². The number of furan rings is 1. The molecule has 2 aromatic heterocycles. The van der Waals surface area contributed by atoms with E-state index in [-0.39, 0.29) is 0 Å². The summed E-state index contributed by atoms with van der Waals surface area (Å²) >= 11 is 8.44. The first-order valence-corrected chi connectivity index (χ1v) is 6.89. The molecule has 15 heavy (non-hydrogen) atoms. The summed E-state index contributed by atoms with van der Waals surface area (Å²) in [4.78, 5) is 1.33. The van der Waals surface area contributed by atoms with Gasteiger partial charge in [0.25, 0.3) is 0 Å². The lowest BCUT2D eigenvalue weighted by Crippen LogP contribution is -2.10. The van der Waals surface area contributed by atoms with Crippen LogP contribution in [0.2, 0.25) is 0 Å². The largest absolute Gasteiger partial charge is 0.452 e. The molecule has 5 heteroatoms. The average molecular weight is 351 g/mol. The van der Waals surface area contributed by atoms with Crippen LogP contribution in [-0.2, 0) is 13.1 Å². The second-order valence-corrected chi connectivity index (χ2v) is 5.62. The highest BCUT2D eigenvalue weighted by Crippen LogP contribution is 2.26. The molecule has 0 bridgehead atoms. The second-order valence-electron chi connectivity index (χ2n) is 3.02. The molecular formula is C10H9Br2NOS. The van der Waals surface area contributed by atoms with Crippen molar-refractivity contribution < 1.29 is 4.42 Å². The van der Waals surface area contributed by atoms with Gasteiger partial charge in [-0.25, -0.2) is 0 Å². The van der Waals surface area contributed by atoms with E-state index in [1.807, 2.05) is 6.07 Å². The number of halogens is 2. The van der Waals surface area contributed by atoms with Crippen molar-refractivity contribution in [1.29, 1.82) is 0 Å². The molecule has 2 heterocycles. The van der Waals surface area contributed by atoms with Crippen molar-refractivity contribution in [2.75, 3.05) is 0 Å². The highest BCUT2D eigenvalue weighted by atomic mass is 79.9. The van der Waals surface area contributed by atoms with Gasteiger partial charge in [-0.1, -0.05) is 6.07 Å². The Morgan fingerprint density at radius 1 is 1.33 bits per heavy atom. The van der Waals surface area contributed by atoms with E-state index in [4.69, 9.17) is 4.42 Å². The van der Waals surface area contributed by atoms with Crippen LogP contribution < -0.4 is 5.32 Å². The van der Waals surface area contributed by atoms with E-state index < -0.39 is 0 Å². The number of hydrogen-bond acceptors (Lipinski definition) is 3. The molecule has 0 aromatic carbocycles. The van der Waals surface area contributed by atoms with E-state index in [9.17, 15) is 0 Å². The first-order valence-electron chi connectivity index (χ1n) is 4.42. The molecule has 0 aliphatic carbocycles. The van der Waals surface area contributed by atoms with E-state index in [2.05, 4.69) is 54.7 Å². The molecule has 80 valence electrons. The Morgan fingerprint density at radius 3 is 2.80 bits per heavy atom. The summed E-state index contributed by atoms with van der Waals surface area (Å²) in [7, 11) is 0. The zero-order chi connectivity index (χ0) is 10.7. The van der Waals surface area contributed by atoms with E-state index in [1.54, 1.807) is 11.3 Å². The Labute approximate surface area is 109 Å². The highest BCUT2D eigenvalue weighted by molar-refractivity contribution is 9.13. The summed E-state index contributed by atoms with van der Waals surface area (Å²) in [5, 5.41) is 5.40. The Balaban J connectivity index is 1.83. The summed E-state index contributed by atoms with van der Waals surface area (Å²) in [5.74, 6) is 0.922. The third kappa shape index (κ3) is 3.17. The van der Waals surface area contributed by atoms with Crippen LogP contribution in [-0.4, -0.2) is 0 Å². The molecule has 2 aromatic rings. The number of hydrogen-bond donors (Lipinski definition) is 1. The molecule has 0 amide bonds. The second kappa shape index (κ2) is 5.30. The van der Waals surface area contributed by atoms with Gasteiger partial charge < -0.3 is 9.73 Å². The van der Waals surface area contributed by atoms with Crippen molar-refractivity contribution in [3.8, 4) is 0 Å². The van der Waals surface area contributed by atoms with Gasteiger partial charge in [0.2, 0.25) is 0 Å². The quantitative estimate of drug-likeness (QED) is 0.895. The van der Waals surface area contributed by atoms with Crippen LogP contribution >= 0.6 is 43.2 Å². The lowest BCUT2D eigenvalue weighted by molar-refractivity contribution is 0.465. The van der Waals surface area contributed by atoms with Crippen molar-refractivity contribution in [1.82, 2.24) is 5.32 Å². The molecule has 0 spiro atoms. The molecule has 0 unspecified atom stereocenters. The minimum absolute atomic E-state index is 0.738. The number of rotatable bonds is 4. The van der Waals surface area contributed by atoms with E-state index in [0.717, 1.165) is 28.0 Å². The molecule has 0 atom stereocenters. The maximum Gasteiger partial charge on any atom is 0.183 e. The van der Waals surface area contributed by atoms with Crippen molar-refractivity contribution in [2.24, 2.45) is 0 Å². The van der Waals surface area contributed by atoms with E-state index in [0.29, 0.717) is 0 Å². The molecule has 0 radical (unpaired) electrons. The van der Waals surface area contributed by atoms with Gasteiger partial charge in [0.1, 0.15) is 5.76 Å². The maximum atomic E-state index is 5.44. The molecule has 0 aliphatic rings. The molecule has 0 aliphatic heterocycles. The third-order valence-corrected chi connectivity index (χ3v) is 4.46. The van der Waals surface area contributed by atoms with Crippen LogP contribution in [0.1, 0.15) is 10.6 Å². The molecular weight excluding hydrogens is 342 g/mol. The van der Waals surface area contributed by atoms with Gasteiger partial charge in [0.05, 0.1) is 11.0 Å². The van der Waals surface area contributed by atoms with Crippen molar-refractivity contribution >= 4 is 43.2 Å². The van der Waals surface area contributed by atoms with E-state index in [1.165, 1.54) is 4.88 Å². The summed E-state index contributed by atoms with van der Waals surface area (Å²) in [6.45, 7) is 1.62. The van der Waals surface area contributed by atoms with Gasteiger partial charge >= 0.3 is 0 Å². The minimum Gasteiger partial charge on any atom is -0.452 e. The predicted octanol–water partition coefficient (Wildman–Crippen LogP) is 4.16. The fraction of sp³-hybridized carbons (Fsp3) is 0.200. The summed E-state index contributed by atoms with van der Waals surface area (Å²) in [6.07, 6.45) is 0. The highest BCUT2D eigenvalue weighted by Gasteiger charge is 2.05. The molecule has 2 rings (SSSR count).